The summed E-state index contributed by atoms with van der Waals surface area (Å²) in [5.74, 6) is 0. The van der Waals surface area contributed by atoms with Crippen LogP contribution in [-0.2, 0) is 27.1 Å². The zero-order valence-electron chi connectivity index (χ0n) is 51.3. The highest BCUT2D eigenvalue weighted by atomic mass is 32.2. The Balaban J connectivity index is 1.18. The Morgan fingerprint density at radius 2 is 0.682 bits per heavy atom. The van der Waals surface area contributed by atoms with Crippen LogP contribution in [0.2, 0.25) is 0 Å². The smallest absolute Gasteiger partial charge is 0.160 e. The quantitative estimate of drug-likeness (QED) is 0.136. The van der Waals surface area contributed by atoms with E-state index in [9.17, 15) is 0 Å². The molecule has 1 aliphatic rings. The standard InChI is InChI=1S/C81H76N2OS/c1-77(2,3)53-31-33-57(34-32-53)81(58-41-49-64(50-42-58)85-63-47-39-56(40-48-63)80(10,11)12)68-51-70(82(59-23-15-13-16-24-59)61-43-35-54(36-44-61)78(4,5)6)65-27-19-20-28-66(65)73(68)75-69(81)52-71(76-74(75)67-29-21-22-30-72(67)84-76)83(60-25-17-14-18-26-60)62-45-37-55(38-46-62)79(7,8)9/h13-52H,1-12H3. The predicted octanol–water partition coefficient (Wildman–Crippen LogP) is 23.4. The van der Waals surface area contributed by atoms with Gasteiger partial charge in [-0.25, -0.2) is 0 Å². The molecule has 13 rings (SSSR count). The lowest BCUT2D eigenvalue weighted by molar-refractivity contribution is 0.589. The van der Waals surface area contributed by atoms with Gasteiger partial charge in [-0.3, -0.25) is 0 Å². The molecule has 1 aliphatic carbocycles. The molecule has 0 aliphatic heterocycles. The number of rotatable bonds is 10. The predicted molar refractivity (Wildman–Crippen MR) is 363 cm³/mol. The Hall–Kier alpha value is -8.57. The van der Waals surface area contributed by atoms with Gasteiger partial charge in [0.25, 0.3) is 0 Å². The van der Waals surface area contributed by atoms with Crippen LogP contribution in [0.5, 0.6) is 0 Å². The molecule has 1 heterocycles. The van der Waals surface area contributed by atoms with Crippen molar-refractivity contribution in [2.24, 2.45) is 0 Å². The van der Waals surface area contributed by atoms with E-state index in [-0.39, 0.29) is 21.7 Å². The minimum atomic E-state index is -0.879. The third kappa shape index (κ3) is 9.83. The van der Waals surface area contributed by atoms with Crippen LogP contribution in [-0.4, -0.2) is 0 Å². The lowest BCUT2D eigenvalue weighted by Gasteiger charge is -2.36. The molecule has 0 saturated heterocycles. The monoisotopic (exact) mass is 1120 g/mol. The van der Waals surface area contributed by atoms with Gasteiger partial charge in [-0.1, -0.05) is 247 Å². The molecule has 12 aromatic rings. The largest absolute Gasteiger partial charge is 0.454 e. The third-order valence-corrected chi connectivity index (χ3v) is 18.6. The number of hydrogen-bond acceptors (Lipinski definition) is 4. The van der Waals surface area contributed by atoms with Crippen LogP contribution in [0.3, 0.4) is 0 Å². The van der Waals surface area contributed by atoms with Gasteiger partial charge in [-0.15, -0.1) is 0 Å². The second kappa shape index (κ2) is 20.9. The van der Waals surface area contributed by atoms with Crippen LogP contribution in [0.1, 0.15) is 128 Å². The Labute approximate surface area is 508 Å². The van der Waals surface area contributed by atoms with Crippen molar-refractivity contribution in [1.82, 2.24) is 0 Å². The first kappa shape index (κ1) is 55.6. The fraction of sp³-hybridized carbons (Fsp3) is 0.210. The number of nitrogens with zero attached hydrogens (tertiary/aromatic N) is 2. The van der Waals surface area contributed by atoms with Gasteiger partial charge in [0.15, 0.2) is 5.58 Å². The second-order valence-electron chi connectivity index (χ2n) is 27.4. The number of hydrogen-bond donors (Lipinski definition) is 0. The van der Waals surface area contributed by atoms with Crippen molar-refractivity contribution in [2.45, 2.75) is 120 Å². The van der Waals surface area contributed by atoms with E-state index in [2.05, 4.69) is 336 Å². The first-order valence-corrected chi connectivity index (χ1v) is 31.0. The van der Waals surface area contributed by atoms with Gasteiger partial charge in [-0.2, -0.15) is 0 Å². The van der Waals surface area contributed by atoms with Crippen molar-refractivity contribution in [3.05, 3.63) is 287 Å². The molecule has 1 atom stereocenters. The summed E-state index contributed by atoms with van der Waals surface area (Å²) < 4.78 is 7.43. The van der Waals surface area contributed by atoms with Crippen molar-refractivity contribution >= 4 is 78.6 Å². The average Bonchev–Trinajstić information content (AvgIpc) is 1.65. The van der Waals surface area contributed by atoms with E-state index < -0.39 is 5.41 Å². The zero-order valence-corrected chi connectivity index (χ0v) is 52.1. The summed E-state index contributed by atoms with van der Waals surface area (Å²) in [6.07, 6.45) is 0. The molecule has 11 aromatic carbocycles. The average molecular weight is 1130 g/mol. The van der Waals surface area contributed by atoms with Crippen molar-refractivity contribution < 1.29 is 4.42 Å². The molecule has 0 spiro atoms. The molecule has 0 saturated carbocycles. The van der Waals surface area contributed by atoms with Crippen LogP contribution < -0.4 is 9.80 Å². The van der Waals surface area contributed by atoms with Gasteiger partial charge in [0.2, 0.25) is 0 Å². The van der Waals surface area contributed by atoms with Crippen LogP contribution in [0.4, 0.5) is 34.1 Å². The van der Waals surface area contributed by atoms with E-state index >= 15 is 0 Å². The summed E-state index contributed by atoms with van der Waals surface area (Å²) in [5.41, 5.74) is 19.5. The number of furan rings is 1. The molecule has 0 radical (unpaired) electrons. The molecule has 85 heavy (non-hydrogen) atoms. The molecule has 1 unspecified atom stereocenters. The van der Waals surface area contributed by atoms with E-state index in [0.29, 0.717) is 0 Å². The molecule has 0 N–H and O–H groups in total. The molecule has 0 fully saturated rings. The molecule has 0 bridgehead atoms. The summed E-state index contributed by atoms with van der Waals surface area (Å²) >= 11 is 1.82. The molecular weight excluding hydrogens is 1050 g/mol. The van der Waals surface area contributed by atoms with Crippen LogP contribution >= 0.6 is 11.8 Å². The SMILES string of the molecule is CC(C)(C)c1ccc(Sc2ccc(C3(c4ccc(C(C)(C)C)cc4)c4cc(N(c5ccccc5)c5ccc(C(C)(C)C)cc5)c5ccccc5c4-c4c3cc(N(c3ccccc3)c3ccc(C(C)(C)C)cc3)c3oc5ccccc5c43)cc2)cc1. The maximum atomic E-state index is 7.43. The van der Waals surface area contributed by atoms with Crippen LogP contribution in [0, 0.1) is 0 Å². The summed E-state index contributed by atoms with van der Waals surface area (Å²) in [5, 5.41) is 4.53. The Morgan fingerprint density at radius 3 is 1.16 bits per heavy atom. The van der Waals surface area contributed by atoms with Gasteiger partial charge in [0.05, 0.1) is 16.8 Å². The van der Waals surface area contributed by atoms with Crippen molar-refractivity contribution in [1.29, 1.82) is 0 Å². The Kier molecular flexibility index (Phi) is 13.7. The van der Waals surface area contributed by atoms with E-state index in [1.54, 1.807) is 0 Å². The Bertz CT molecular complexity index is 4420. The van der Waals surface area contributed by atoms with Gasteiger partial charge in [0, 0.05) is 48.7 Å². The molecule has 4 heteroatoms. The highest BCUT2D eigenvalue weighted by Gasteiger charge is 2.50. The number of fused-ring (bicyclic) bond motifs is 9. The van der Waals surface area contributed by atoms with E-state index in [4.69, 9.17) is 4.42 Å². The van der Waals surface area contributed by atoms with Crippen molar-refractivity contribution in [3.63, 3.8) is 0 Å². The maximum Gasteiger partial charge on any atom is 0.160 e. The second-order valence-corrected chi connectivity index (χ2v) is 28.5. The van der Waals surface area contributed by atoms with Crippen LogP contribution in [0.15, 0.2) is 257 Å². The first-order valence-electron chi connectivity index (χ1n) is 30.1. The highest BCUT2D eigenvalue weighted by Crippen LogP contribution is 2.64. The summed E-state index contributed by atoms with van der Waals surface area (Å²) in [6.45, 7) is 27.5. The topological polar surface area (TPSA) is 19.6 Å². The lowest BCUT2D eigenvalue weighted by atomic mass is 9.67. The molecule has 0 amide bonds. The molecule has 422 valence electrons. The summed E-state index contributed by atoms with van der Waals surface area (Å²) in [6, 6.07) is 91.5. The van der Waals surface area contributed by atoms with E-state index in [1.807, 2.05) is 11.8 Å². The molecular formula is C81H76N2OS. The Morgan fingerprint density at radius 1 is 0.329 bits per heavy atom. The lowest BCUT2D eigenvalue weighted by Crippen LogP contribution is -2.29. The van der Waals surface area contributed by atoms with E-state index in [0.717, 1.165) is 61.4 Å². The first-order chi connectivity index (χ1) is 40.7. The fourth-order valence-electron chi connectivity index (χ4n) is 13.0. The van der Waals surface area contributed by atoms with E-state index in [1.165, 1.54) is 70.8 Å². The molecule has 1 aromatic heterocycles. The maximum absolute atomic E-state index is 7.43. The molecule has 3 nitrogen and oxygen atoms in total. The third-order valence-electron chi connectivity index (χ3n) is 17.6. The normalized spacial score (nSPS) is 14.4. The van der Waals surface area contributed by atoms with Gasteiger partial charge in [-0.05, 0) is 174 Å². The van der Waals surface area contributed by atoms with Crippen molar-refractivity contribution in [2.75, 3.05) is 9.80 Å². The number of anilines is 6. The van der Waals surface area contributed by atoms with Gasteiger partial charge >= 0.3 is 0 Å². The minimum absolute atomic E-state index is 0.0113. The number of benzene rings is 11. The summed E-state index contributed by atoms with van der Waals surface area (Å²) in [7, 11) is 0. The zero-order chi connectivity index (χ0) is 59.2. The van der Waals surface area contributed by atoms with Gasteiger partial charge < -0.3 is 14.2 Å². The fourth-order valence-corrected chi connectivity index (χ4v) is 13.8. The highest BCUT2D eigenvalue weighted by molar-refractivity contribution is 7.99. The van der Waals surface area contributed by atoms with Crippen molar-refractivity contribution in [3.8, 4) is 11.1 Å². The minimum Gasteiger partial charge on any atom is -0.454 e. The van der Waals surface area contributed by atoms with Crippen LogP contribution in [0.25, 0.3) is 43.8 Å². The number of para-hydroxylation sites is 3. The summed E-state index contributed by atoms with van der Waals surface area (Å²) in [4.78, 5) is 7.32. The van der Waals surface area contributed by atoms with Gasteiger partial charge in [0.1, 0.15) is 5.58 Å².